The van der Waals surface area contributed by atoms with Crippen molar-refractivity contribution in [2.45, 2.75) is 25.3 Å². The molecule has 7 nitrogen and oxygen atoms in total. The number of fused-ring (bicyclic) bond motifs is 1. The highest BCUT2D eigenvalue weighted by Crippen LogP contribution is 2.32. The van der Waals surface area contributed by atoms with Crippen LogP contribution in [0.15, 0.2) is 48.5 Å². The van der Waals surface area contributed by atoms with Gasteiger partial charge in [0.2, 0.25) is 0 Å². The number of nitrogens with one attached hydrogen (secondary N) is 2. The number of ether oxygens (including phenoxy) is 1. The number of rotatable bonds is 4. The molecule has 0 spiro atoms. The number of likely N-dealkylation sites (N-methyl/N-ethyl adjacent to an activating group) is 1. The van der Waals surface area contributed by atoms with Crippen LogP contribution in [0.2, 0.25) is 0 Å². The fourth-order valence-corrected chi connectivity index (χ4v) is 3.37. The molecule has 0 aromatic heterocycles. The number of carbonyl (C=O) groups is 3. The van der Waals surface area contributed by atoms with Gasteiger partial charge in [-0.1, -0.05) is 42.2 Å². The predicted octanol–water partition coefficient (Wildman–Crippen LogP) is 1.65. The lowest BCUT2D eigenvalue weighted by atomic mass is 10.1. The number of amides is 3. The van der Waals surface area contributed by atoms with Gasteiger partial charge in [0.15, 0.2) is 0 Å². The van der Waals surface area contributed by atoms with Crippen LogP contribution in [-0.2, 0) is 20.8 Å². The molecule has 2 aromatic carbocycles. The topological polar surface area (TPSA) is 87.7 Å². The summed E-state index contributed by atoms with van der Waals surface area (Å²) in [6.07, 6.45) is 2.90. The zero-order chi connectivity index (χ0) is 22.5. The average Bonchev–Trinajstić information content (AvgIpc) is 3.65. The van der Waals surface area contributed by atoms with Gasteiger partial charge in [-0.05, 0) is 43.0 Å². The molecule has 2 N–H and O–H groups in total. The van der Waals surface area contributed by atoms with E-state index in [1.54, 1.807) is 19.2 Å². The van der Waals surface area contributed by atoms with Crippen LogP contribution in [0.3, 0.4) is 0 Å². The molecule has 0 radical (unpaired) electrons. The summed E-state index contributed by atoms with van der Waals surface area (Å²) in [4.78, 5) is 38.8. The second-order valence-electron chi connectivity index (χ2n) is 7.95. The van der Waals surface area contributed by atoms with Crippen molar-refractivity contribution >= 4 is 23.4 Å². The quantitative estimate of drug-likeness (QED) is 0.569. The molecule has 1 atom stereocenters. The third-order valence-corrected chi connectivity index (χ3v) is 5.41. The number of anilines is 1. The Balaban J connectivity index is 1.34. The Morgan fingerprint density at radius 1 is 1.12 bits per heavy atom. The van der Waals surface area contributed by atoms with Crippen molar-refractivity contribution < 1.29 is 19.1 Å². The summed E-state index contributed by atoms with van der Waals surface area (Å²) in [5.41, 5.74) is 2.47. The van der Waals surface area contributed by atoms with Gasteiger partial charge in [-0.3, -0.25) is 14.4 Å². The zero-order valence-electron chi connectivity index (χ0n) is 17.9. The first kappa shape index (κ1) is 21.4. The number of hydrogen-bond donors (Lipinski definition) is 2. The van der Waals surface area contributed by atoms with Crippen molar-refractivity contribution in [3.8, 4) is 17.6 Å². The van der Waals surface area contributed by atoms with E-state index in [0.717, 1.165) is 24.0 Å². The maximum atomic E-state index is 12.8. The molecule has 2 aromatic rings. The summed E-state index contributed by atoms with van der Waals surface area (Å²) >= 11 is 0. The number of nitrogens with zero attached hydrogens (tertiary/aromatic N) is 1. The summed E-state index contributed by atoms with van der Waals surface area (Å²) in [6, 6.07) is 14.1. The minimum atomic E-state index is -0.972. The highest BCUT2D eigenvalue weighted by atomic mass is 16.5. The van der Waals surface area contributed by atoms with Crippen molar-refractivity contribution in [2.24, 2.45) is 5.92 Å². The van der Waals surface area contributed by atoms with Gasteiger partial charge >= 0.3 is 11.8 Å². The normalized spacial score (nSPS) is 17.2. The van der Waals surface area contributed by atoms with Gasteiger partial charge in [-0.2, -0.15) is 0 Å². The molecular formula is C25H25N3O4. The van der Waals surface area contributed by atoms with Gasteiger partial charge in [0.05, 0.1) is 5.69 Å². The predicted molar refractivity (Wildman–Crippen MR) is 120 cm³/mol. The average molecular weight is 431 g/mol. The van der Waals surface area contributed by atoms with Crippen LogP contribution in [0.1, 0.15) is 24.0 Å². The van der Waals surface area contributed by atoms with Crippen molar-refractivity contribution in [2.75, 3.05) is 25.1 Å². The Labute approximate surface area is 187 Å². The molecule has 0 bridgehead atoms. The van der Waals surface area contributed by atoms with E-state index >= 15 is 0 Å². The summed E-state index contributed by atoms with van der Waals surface area (Å²) in [7, 11) is 1.62. The smallest absolute Gasteiger partial charge is 0.310 e. The maximum Gasteiger partial charge on any atom is 0.310 e. The Bertz CT molecular complexity index is 1080. The Hall–Kier alpha value is -3.79. The standard InChI is InChI=1S/C25H25N3O4/c1-28-21-12-11-19(10-9-18-7-8-18)15-22(21)32-16-20(25(28)31)27-24(30)23(29)26-14-13-17-5-3-2-4-6-17/h2-6,11-12,15,18,20H,7-8,13-14,16H2,1H3,(H,26,29)(H,27,30)/t20-/m0/s1. The van der Waals surface area contributed by atoms with E-state index in [9.17, 15) is 14.4 Å². The zero-order valence-corrected chi connectivity index (χ0v) is 17.9. The molecule has 0 saturated heterocycles. The van der Waals surface area contributed by atoms with Crippen molar-refractivity contribution in [1.82, 2.24) is 10.6 Å². The highest BCUT2D eigenvalue weighted by molar-refractivity contribution is 6.35. The van der Waals surface area contributed by atoms with Gasteiger partial charge in [0, 0.05) is 25.1 Å². The van der Waals surface area contributed by atoms with Crippen LogP contribution >= 0.6 is 0 Å². The second kappa shape index (κ2) is 9.56. The maximum absolute atomic E-state index is 12.8. The van der Waals surface area contributed by atoms with Crippen LogP contribution in [0.5, 0.6) is 5.75 Å². The van der Waals surface area contributed by atoms with Gasteiger partial charge in [-0.15, -0.1) is 0 Å². The minimum Gasteiger partial charge on any atom is -0.489 e. The van der Waals surface area contributed by atoms with E-state index in [1.807, 2.05) is 36.4 Å². The van der Waals surface area contributed by atoms with Crippen LogP contribution in [0.4, 0.5) is 5.69 Å². The SMILES string of the molecule is CN1C(=O)[C@@H](NC(=O)C(=O)NCCc2ccccc2)COc2cc(C#CC3CC3)ccc21. The summed E-state index contributed by atoms with van der Waals surface area (Å²) in [6.45, 7) is 0.250. The lowest BCUT2D eigenvalue weighted by molar-refractivity contribution is -0.140. The third-order valence-electron chi connectivity index (χ3n) is 5.41. The molecule has 0 unspecified atom stereocenters. The highest BCUT2D eigenvalue weighted by Gasteiger charge is 2.32. The van der Waals surface area contributed by atoms with E-state index < -0.39 is 17.9 Å². The first-order valence-electron chi connectivity index (χ1n) is 10.7. The first-order valence-corrected chi connectivity index (χ1v) is 10.7. The molecular weight excluding hydrogens is 406 g/mol. The fraction of sp³-hybridized carbons (Fsp3) is 0.320. The molecule has 1 aliphatic carbocycles. The summed E-state index contributed by atoms with van der Waals surface area (Å²) in [5.74, 6) is 5.34. The van der Waals surface area contributed by atoms with E-state index in [1.165, 1.54) is 4.90 Å². The molecule has 3 amide bonds. The monoisotopic (exact) mass is 431 g/mol. The van der Waals surface area contributed by atoms with Gasteiger partial charge in [0.1, 0.15) is 18.4 Å². The molecule has 32 heavy (non-hydrogen) atoms. The van der Waals surface area contributed by atoms with E-state index in [2.05, 4.69) is 22.5 Å². The number of benzene rings is 2. The van der Waals surface area contributed by atoms with Crippen molar-refractivity contribution in [3.63, 3.8) is 0 Å². The molecule has 4 rings (SSSR count). The van der Waals surface area contributed by atoms with Gasteiger partial charge in [-0.25, -0.2) is 0 Å². The Morgan fingerprint density at radius 3 is 2.66 bits per heavy atom. The first-order chi connectivity index (χ1) is 15.5. The summed E-state index contributed by atoms with van der Waals surface area (Å²) < 4.78 is 5.81. The molecule has 1 aliphatic heterocycles. The molecule has 1 heterocycles. The van der Waals surface area contributed by atoms with Crippen LogP contribution in [-0.4, -0.2) is 44.0 Å². The molecule has 2 aliphatic rings. The second-order valence-corrected chi connectivity index (χ2v) is 7.95. The van der Waals surface area contributed by atoms with Crippen LogP contribution in [0, 0.1) is 17.8 Å². The number of carbonyl (C=O) groups excluding carboxylic acids is 3. The lowest BCUT2D eigenvalue weighted by Gasteiger charge is -2.20. The van der Waals surface area contributed by atoms with Crippen molar-refractivity contribution in [1.29, 1.82) is 0 Å². The third kappa shape index (κ3) is 5.27. The van der Waals surface area contributed by atoms with E-state index in [-0.39, 0.29) is 12.5 Å². The summed E-state index contributed by atoms with van der Waals surface area (Å²) in [5, 5.41) is 5.07. The van der Waals surface area contributed by atoms with Crippen LogP contribution in [0.25, 0.3) is 0 Å². The molecule has 7 heteroatoms. The van der Waals surface area contributed by atoms with Crippen molar-refractivity contribution in [3.05, 3.63) is 59.7 Å². The van der Waals surface area contributed by atoms with Crippen LogP contribution < -0.4 is 20.3 Å². The molecule has 1 fully saturated rings. The van der Waals surface area contributed by atoms with Gasteiger partial charge in [0.25, 0.3) is 5.91 Å². The van der Waals surface area contributed by atoms with Gasteiger partial charge < -0.3 is 20.3 Å². The van der Waals surface area contributed by atoms with E-state index in [0.29, 0.717) is 30.3 Å². The molecule has 164 valence electrons. The molecule has 1 saturated carbocycles. The fourth-order valence-electron chi connectivity index (χ4n) is 3.37. The largest absolute Gasteiger partial charge is 0.489 e. The Morgan fingerprint density at radius 2 is 1.91 bits per heavy atom. The number of hydrogen-bond acceptors (Lipinski definition) is 4. The lowest BCUT2D eigenvalue weighted by Crippen LogP contribution is -2.53. The minimum absolute atomic E-state index is 0.0707. The van der Waals surface area contributed by atoms with E-state index in [4.69, 9.17) is 4.74 Å². The Kier molecular flexibility index (Phi) is 6.41.